The maximum Gasteiger partial charge on any atom is 0.254 e. The summed E-state index contributed by atoms with van der Waals surface area (Å²) < 4.78 is 27.9. The first kappa shape index (κ1) is 21.8. The van der Waals surface area contributed by atoms with Crippen molar-refractivity contribution in [3.8, 4) is 0 Å². The molecular weight excluding hydrogens is 406 g/mol. The van der Waals surface area contributed by atoms with Crippen LogP contribution >= 0.6 is 11.8 Å². The van der Waals surface area contributed by atoms with Crippen molar-refractivity contribution in [3.05, 3.63) is 53.7 Å². The number of piperidine rings is 1. The summed E-state index contributed by atoms with van der Waals surface area (Å²) in [5.41, 5.74) is 1.58. The number of sulfonamides is 1. The lowest BCUT2D eigenvalue weighted by atomic mass is 10.0. The van der Waals surface area contributed by atoms with Crippen molar-refractivity contribution in [2.75, 3.05) is 19.3 Å². The van der Waals surface area contributed by atoms with E-state index in [0.717, 1.165) is 24.8 Å². The second-order valence-corrected chi connectivity index (χ2v) is 9.87. The van der Waals surface area contributed by atoms with E-state index in [4.69, 9.17) is 0 Å². The van der Waals surface area contributed by atoms with E-state index >= 15 is 0 Å². The summed E-state index contributed by atoms with van der Waals surface area (Å²) in [7, 11) is -3.53. The zero-order valence-electron chi connectivity index (χ0n) is 16.8. The van der Waals surface area contributed by atoms with Crippen LogP contribution in [0.25, 0.3) is 0 Å². The Morgan fingerprint density at radius 3 is 2.72 bits per heavy atom. The number of benzene rings is 1. The molecule has 2 aromatic rings. The third kappa shape index (κ3) is 5.18. The molecule has 1 aromatic heterocycles. The highest BCUT2D eigenvalue weighted by molar-refractivity contribution is 7.98. The van der Waals surface area contributed by atoms with E-state index in [9.17, 15) is 13.2 Å². The minimum atomic E-state index is -3.53. The highest BCUT2D eigenvalue weighted by atomic mass is 32.2. The number of pyridine rings is 1. The molecule has 1 aromatic carbocycles. The number of hydrogen-bond acceptors (Lipinski definition) is 5. The Hall–Kier alpha value is -1.90. The fraction of sp³-hybridized carbons (Fsp3) is 0.429. The normalized spacial score (nSPS) is 17.8. The van der Waals surface area contributed by atoms with Crippen molar-refractivity contribution < 1.29 is 13.2 Å². The number of carbonyl (C=O) groups excluding carboxylic acids is 1. The van der Waals surface area contributed by atoms with Crippen molar-refractivity contribution >= 4 is 27.7 Å². The van der Waals surface area contributed by atoms with Crippen molar-refractivity contribution in [1.29, 1.82) is 0 Å². The van der Waals surface area contributed by atoms with Gasteiger partial charge in [0.15, 0.2) is 0 Å². The Kier molecular flexibility index (Phi) is 7.32. The molecule has 3 rings (SSSR count). The molecule has 1 aliphatic rings. The highest BCUT2D eigenvalue weighted by Crippen LogP contribution is 2.27. The molecule has 156 valence electrons. The molecule has 0 spiro atoms. The minimum absolute atomic E-state index is 0.107. The summed E-state index contributed by atoms with van der Waals surface area (Å²) in [4.78, 5) is 17.0. The van der Waals surface area contributed by atoms with Gasteiger partial charge in [0.2, 0.25) is 10.0 Å². The lowest BCUT2D eigenvalue weighted by Crippen LogP contribution is -2.45. The number of carbonyl (C=O) groups is 1. The number of nitrogens with zero attached hydrogens (tertiary/aromatic N) is 2. The molecular formula is C21H27N3O3S2. The van der Waals surface area contributed by atoms with E-state index in [1.807, 2.05) is 25.3 Å². The first-order valence-corrected chi connectivity index (χ1v) is 12.5. The molecule has 0 bridgehead atoms. The Balaban J connectivity index is 1.66. The maximum absolute atomic E-state index is 13.1. The largest absolute Gasteiger partial charge is 0.352 e. The molecule has 0 saturated carbocycles. The zero-order valence-corrected chi connectivity index (χ0v) is 18.4. The van der Waals surface area contributed by atoms with Gasteiger partial charge in [-0.1, -0.05) is 24.1 Å². The average molecular weight is 434 g/mol. The SMILES string of the molecule is CSc1ncccc1C(=O)NCCC1CCCCN1S(=O)(=O)c1ccc(C)cc1. The van der Waals surface area contributed by atoms with Gasteiger partial charge < -0.3 is 5.32 Å². The smallest absolute Gasteiger partial charge is 0.254 e. The fourth-order valence-electron chi connectivity index (χ4n) is 3.60. The van der Waals surface area contributed by atoms with E-state index in [1.54, 1.807) is 34.8 Å². The van der Waals surface area contributed by atoms with Crippen LogP contribution < -0.4 is 5.32 Å². The molecule has 6 nitrogen and oxygen atoms in total. The summed E-state index contributed by atoms with van der Waals surface area (Å²) >= 11 is 1.43. The number of rotatable bonds is 7. The monoisotopic (exact) mass is 433 g/mol. The lowest BCUT2D eigenvalue weighted by molar-refractivity contribution is 0.0946. The number of hydrogen-bond donors (Lipinski definition) is 1. The van der Waals surface area contributed by atoms with Crippen LogP contribution in [-0.2, 0) is 10.0 Å². The zero-order chi connectivity index (χ0) is 20.9. The fourth-order valence-corrected chi connectivity index (χ4v) is 5.87. The molecule has 2 heterocycles. The van der Waals surface area contributed by atoms with Crippen LogP contribution in [0.4, 0.5) is 0 Å². The second-order valence-electron chi connectivity index (χ2n) is 7.18. The maximum atomic E-state index is 13.1. The molecule has 29 heavy (non-hydrogen) atoms. The first-order chi connectivity index (χ1) is 13.9. The van der Waals surface area contributed by atoms with E-state index < -0.39 is 10.0 Å². The number of aryl methyl sites for hydroxylation is 1. The second kappa shape index (κ2) is 9.73. The van der Waals surface area contributed by atoms with Gasteiger partial charge in [-0.2, -0.15) is 4.31 Å². The summed E-state index contributed by atoms with van der Waals surface area (Å²) in [6.07, 6.45) is 6.81. The van der Waals surface area contributed by atoms with Crippen LogP contribution in [0.1, 0.15) is 41.6 Å². The van der Waals surface area contributed by atoms with Crippen LogP contribution in [-0.4, -0.2) is 49.0 Å². The summed E-state index contributed by atoms with van der Waals surface area (Å²) in [5.74, 6) is -0.175. The Labute approximate surface area is 177 Å². The molecule has 0 aliphatic carbocycles. The van der Waals surface area contributed by atoms with Crippen LogP contribution in [0.5, 0.6) is 0 Å². The van der Waals surface area contributed by atoms with Gasteiger partial charge in [0, 0.05) is 25.3 Å². The molecule has 8 heteroatoms. The molecule has 1 atom stereocenters. The van der Waals surface area contributed by atoms with E-state index in [-0.39, 0.29) is 11.9 Å². The van der Waals surface area contributed by atoms with Crippen LogP contribution in [0, 0.1) is 6.92 Å². The molecule has 1 unspecified atom stereocenters. The van der Waals surface area contributed by atoms with Crippen molar-refractivity contribution in [2.45, 2.75) is 48.6 Å². The quantitative estimate of drug-likeness (QED) is 0.677. The van der Waals surface area contributed by atoms with Gasteiger partial charge in [0.05, 0.1) is 10.5 Å². The van der Waals surface area contributed by atoms with E-state index in [2.05, 4.69) is 10.3 Å². The van der Waals surface area contributed by atoms with Gasteiger partial charge in [-0.05, 0) is 56.7 Å². The van der Waals surface area contributed by atoms with E-state index in [0.29, 0.717) is 35.0 Å². The number of aromatic nitrogens is 1. The number of amides is 1. The summed E-state index contributed by atoms with van der Waals surface area (Å²) in [5, 5.41) is 3.61. The topological polar surface area (TPSA) is 79.4 Å². The van der Waals surface area contributed by atoms with Crippen molar-refractivity contribution in [1.82, 2.24) is 14.6 Å². The van der Waals surface area contributed by atoms with Crippen LogP contribution in [0.2, 0.25) is 0 Å². The number of nitrogens with one attached hydrogen (secondary N) is 1. The van der Waals surface area contributed by atoms with Gasteiger partial charge >= 0.3 is 0 Å². The Bertz CT molecular complexity index is 946. The minimum Gasteiger partial charge on any atom is -0.352 e. The summed E-state index contributed by atoms with van der Waals surface area (Å²) in [6.45, 7) is 2.88. The van der Waals surface area contributed by atoms with Crippen molar-refractivity contribution in [3.63, 3.8) is 0 Å². The molecule has 1 N–H and O–H groups in total. The molecule has 0 radical (unpaired) electrons. The van der Waals surface area contributed by atoms with Crippen LogP contribution in [0.15, 0.2) is 52.5 Å². The van der Waals surface area contributed by atoms with Crippen molar-refractivity contribution in [2.24, 2.45) is 0 Å². The van der Waals surface area contributed by atoms with Crippen LogP contribution in [0.3, 0.4) is 0 Å². The molecule has 1 saturated heterocycles. The molecule has 1 aliphatic heterocycles. The summed E-state index contributed by atoms with van der Waals surface area (Å²) in [6, 6.07) is 10.4. The Morgan fingerprint density at radius 1 is 1.24 bits per heavy atom. The first-order valence-electron chi connectivity index (χ1n) is 9.79. The van der Waals surface area contributed by atoms with Gasteiger partial charge in [0.1, 0.15) is 5.03 Å². The predicted molar refractivity (Wildman–Crippen MR) is 116 cm³/mol. The average Bonchev–Trinajstić information content (AvgIpc) is 2.74. The Morgan fingerprint density at radius 2 is 2.00 bits per heavy atom. The molecule has 1 amide bonds. The molecule has 1 fully saturated rings. The van der Waals surface area contributed by atoms with Gasteiger partial charge in [0.25, 0.3) is 5.91 Å². The van der Waals surface area contributed by atoms with Gasteiger partial charge in [-0.3, -0.25) is 4.79 Å². The predicted octanol–water partition coefficient (Wildman–Crippen LogP) is 3.48. The third-order valence-corrected chi connectivity index (χ3v) is 7.85. The van der Waals surface area contributed by atoms with Gasteiger partial charge in [-0.25, -0.2) is 13.4 Å². The lowest BCUT2D eigenvalue weighted by Gasteiger charge is -2.34. The number of thioether (sulfide) groups is 1. The standard InChI is InChI=1S/C21H27N3O3S2/c1-16-8-10-18(11-9-16)29(26,27)24-15-4-3-6-17(24)12-14-22-20(25)19-7-5-13-23-21(19)28-2/h5,7-11,13,17H,3-4,6,12,14-15H2,1-2H3,(H,22,25). The third-order valence-electron chi connectivity index (χ3n) is 5.17. The highest BCUT2D eigenvalue weighted by Gasteiger charge is 2.33. The van der Waals surface area contributed by atoms with Gasteiger partial charge in [-0.15, -0.1) is 11.8 Å². The van der Waals surface area contributed by atoms with E-state index in [1.165, 1.54) is 11.8 Å².